The summed E-state index contributed by atoms with van der Waals surface area (Å²) in [6, 6.07) is 0. The van der Waals surface area contributed by atoms with Crippen molar-refractivity contribution < 1.29 is 9.59 Å². The van der Waals surface area contributed by atoms with Crippen LogP contribution in [-0.4, -0.2) is 12.1 Å². The van der Waals surface area contributed by atoms with Crippen LogP contribution in [0.2, 0.25) is 0 Å². The highest BCUT2D eigenvalue weighted by Gasteiger charge is 2.20. The van der Waals surface area contributed by atoms with E-state index in [0.717, 1.165) is 19.1 Å². The van der Waals surface area contributed by atoms with Gasteiger partial charge in [0, 0.05) is 18.3 Å². The number of hydrogen-bond donors (Lipinski definition) is 0. The van der Waals surface area contributed by atoms with Crippen LogP contribution in [0.1, 0.15) is 91.4 Å². The van der Waals surface area contributed by atoms with Gasteiger partial charge in [-0.25, -0.2) is 0 Å². The minimum absolute atomic E-state index is 0.236. The van der Waals surface area contributed by atoms with Gasteiger partial charge < -0.3 is 4.79 Å². The van der Waals surface area contributed by atoms with E-state index in [2.05, 4.69) is 6.92 Å². The van der Waals surface area contributed by atoms with E-state index in [-0.39, 0.29) is 5.78 Å². The smallest absolute Gasteiger partial charge is 0.133 e. The molecule has 0 aromatic rings. The van der Waals surface area contributed by atoms with Crippen molar-refractivity contribution in [1.82, 2.24) is 0 Å². The topological polar surface area (TPSA) is 34.1 Å². The second-order valence-electron chi connectivity index (χ2n) is 6.40. The quantitative estimate of drug-likeness (QED) is 0.344. The molecule has 0 fully saturated rings. The molecule has 0 aromatic heterocycles. The Labute approximate surface area is 119 Å². The molecule has 0 unspecified atom stereocenters. The molecule has 0 saturated carbocycles. The summed E-state index contributed by atoms with van der Waals surface area (Å²) in [6.45, 7) is 5.89. The SMILES string of the molecule is CCCCCCCCCCCC(=O)CC(C)(C)C=O. The summed E-state index contributed by atoms with van der Waals surface area (Å²) in [5.74, 6) is 0.236. The molecule has 0 aliphatic heterocycles. The maximum Gasteiger partial charge on any atom is 0.133 e. The van der Waals surface area contributed by atoms with Crippen LogP contribution in [0.25, 0.3) is 0 Å². The Kier molecular flexibility index (Phi) is 10.8. The molecule has 0 atom stereocenters. The summed E-state index contributed by atoms with van der Waals surface area (Å²) in [5, 5.41) is 0. The summed E-state index contributed by atoms with van der Waals surface area (Å²) in [7, 11) is 0. The molecule has 0 bridgehead atoms. The van der Waals surface area contributed by atoms with E-state index in [1.165, 1.54) is 44.9 Å². The predicted molar refractivity (Wildman–Crippen MR) is 81.3 cm³/mol. The zero-order chi connectivity index (χ0) is 14.6. The summed E-state index contributed by atoms with van der Waals surface area (Å²) >= 11 is 0. The van der Waals surface area contributed by atoms with Crippen LogP contribution in [-0.2, 0) is 9.59 Å². The van der Waals surface area contributed by atoms with Crippen molar-refractivity contribution in [3.8, 4) is 0 Å². The number of ketones is 1. The molecule has 0 aromatic carbocycles. The fourth-order valence-corrected chi connectivity index (χ4v) is 2.27. The van der Waals surface area contributed by atoms with E-state index < -0.39 is 5.41 Å². The Bertz CT molecular complexity index is 244. The van der Waals surface area contributed by atoms with Gasteiger partial charge >= 0.3 is 0 Å². The number of rotatable bonds is 13. The Morgan fingerprint density at radius 1 is 0.895 bits per heavy atom. The largest absolute Gasteiger partial charge is 0.303 e. The molecule has 0 saturated heterocycles. The maximum atomic E-state index is 11.7. The molecule has 19 heavy (non-hydrogen) atoms. The summed E-state index contributed by atoms with van der Waals surface area (Å²) < 4.78 is 0. The van der Waals surface area contributed by atoms with Crippen LogP contribution in [0.3, 0.4) is 0 Å². The molecule has 2 nitrogen and oxygen atoms in total. The van der Waals surface area contributed by atoms with Crippen LogP contribution in [0, 0.1) is 5.41 Å². The lowest BCUT2D eigenvalue weighted by atomic mass is 9.88. The van der Waals surface area contributed by atoms with Crippen LogP contribution in [0.15, 0.2) is 0 Å². The van der Waals surface area contributed by atoms with E-state index in [4.69, 9.17) is 0 Å². The molecule has 2 heteroatoms. The van der Waals surface area contributed by atoms with Crippen molar-refractivity contribution in [1.29, 1.82) is 0 Å². The fourth-order valence-electron chi connectivity index (χ4n) is 2.27. The third kappa shape index (κ3) is 12.1. The number of aldehydes is 1. The van der Waals surface area contributed by atoms with Crippen molar-refractivity contribution in [2.45, 2.75) is 91.4 Å². The lowest BCUT2D eigenvalue weighted by molar-refractivity contribution is -0.125. The minimum atomic E-state index is -0.476. The van der Waals surface area contributed by atoms with Crippen molar-refractivity contribution in [2.75, 3.05) is 0 Å². The van der Waals surface area contributed by atoms with Gasteiger partial charge in [-0.15, -0.1) is 0 Å². The van der Waals surface area contributed by atoms with Gasteiger partial charge in [0.1, 0.15) is 12.1 Å². The molecule has 0 amide bonds. The van der Waals surface area contributed by atoms with Crippen molar-refractivity contribution in [3.63, 3.8) is 0 Å². The number of carbonyl (C=O) groups is 2. The monoisotopic (exact) mass is 268 g/mol. The van der Waals surface area contributed by atoms with Gasteiger partial charge in [-0.2, -0.15) is 0 Å². The highest BCUT2D eigenvalue weighted by molar-refractivity contribution is 5.82. The predicted octanol–water partition coefficient (Wildman–Crippen LogP) is 5.09. The average Bonchev–Trinajstić information content (AvgIpc) is 2.36. The highest BCUT2D eigenvalue weighted by Crippen LogP contribution is 2.19. The van der Waals surface area contributed by atoms with Gasteiger partial charge in [-0.1, -0.05) is 72.1 Å². The Morgan fingerprint density at radius 2 is 1.37 bits per heavy atom. The van der Waals surface area contributed by atoms with E-state index in [1.807, 2.05) is 13.8 Å². The zero-order valence-corrected chi connectivity index (χ0v) is 13.2. The Hall–Kier alpha value is -0.660. The van der Waals surface area contributed by atoms with Crippen molar-refractivity contribution in [2.24, 2.45) is 5.41 Å². The van der Waals surface area contributed by atoms with Gasteiger partial charge in [-0.3, -0.25) is 4.79 Å². The summed E-state index contributed by atoms with van der Waals surface area (Å²) in [6.07, 6.45) is 13.4. The van der Waals surface area contributed by atoms with Crippen LogP contribution in [0.5, 0.6) is 0 Å². The van der Waals surface area contributed by atoms with Gasteiger partial charge in [0.05, 0.1) is 0 Å². The first kappa shape index (κ1) is 18.3. The van der Waals surface area contributed by atoms with Gasteiger partial charge in [-0.05, 0) is 6.42 Å². The molecular weight excluding hydrogens is 236 g/mol. The first-order valence-corrected chi connectivity index (χ1v) is 8.00. The zero-order valence-electron chi connectivity index (χ0n) is 13.2. The Balaban J connectivity index is 3.35. The highest BCUT2D eigenvalue weighted by atomic mass is 16.1. The second kappa shape index (κ2) is 11.2. The van der Waals surface area contributed by atoms with Gasteiger partial charge in [0.25, 0.3) is 0 Å². The third-order valence-electron chi connectivity index (χ3n) is 3.53. The standard InChI is InChI=1S/C17H32O2/c1-4-5-6-7-8-9-10-11-12-13-16(19)14-17(2,3)15-18/h15H,4-14H2,1-3H3. The molecule has 0 aliphatic carbocycles. The van der Waals surface area contributed by atoms with E-state index >= 15 is 0 Å². The minimum Gasteiger partial charge on any atom is -0.303 e. The lowest BCUT2D eigenvalue weighted by Gasteiger charge is -2.14. The van der Waals surface area contributed by atoms with E-state index in [1.54, 1.807) is 0 Å². The number of Topliss-reactive ketones (excluding diaryl/α,β-unsaturated/α-hetero) is 1. The molecule has 0 radical (unpaired) electrons. The number of unbranched alkanes of at least 4 members (excludes halogenated alkanes) is 8. The van der Waals surface area contributed by atoms with Gasteiger partial charge in [0.15, 0.2) is 0 Å². The summed E-state index contributed by atoms with van der Waals surface area (Å²) in [4.78, 5) is 22.4. The maximum absolute atomic E-state index is 11.7. The van der Waals surface area contributed by atoms with E-state index in [9.17, 15) is 9.59 Å². The first-order chi connectivity index (χ1) is 9.02. The first-order valence-electron chi connectivity index (χ1n) is 8.00. The third-order valence-corrected chi connectivity index (χ3v) is 3.53. The molecule has 112 valence electrons. The number of hydrogen-bond acceptors (Lipinski definition) is 2. The fraction of sp³-hybridized carbons (Fsp3) is 0.882. The van der Waals surface area contributed by atoms with Crippen molar-refractivity contribution in [3.05, 3.63) is 0 Å². The normalized spacial score (nSPS) is 11.5. The van der Waals surface area contributed by atoms with Crippen molar-refractivity contribution >= 4 is 12.1 Å². The molecule has 0 heterocycles. The molecule has 0 rings (SSSR count). The van der Waals surface area contributed by atoms with Crippen LogP contribution in [0.4, 0.5) is 0 Å². The summed E-state index contributed by atoms with van der Waals surface area (Å²) in [5.41, 5.74) is -0.476. The van der Waals surface area contributed by atoms with Crippen LogP contribution < -0.4 is 0 Å². The average molecular weight is 268 g/mol. The van der Waals surface area contributed by atoms with Crippen LogP contribution >= 0.6 is 0 Å². The second-order valence-corrected chi connectivity index (χ2v) is 6.40. The molecular formula is C17H32O2. The lowest BCUT2D eigenvalue weighted by Crippen LogP contribution is -2.18. The molecule has 0 aliphatic rings. The molecule has 0 spiro atoms. The van der Waals surface area contributed by atoms with E-state index in [0.29, 0.717) is 12.8 Å². The van der Waals surface area contributed by atoms with Gasteiger partial charge in [0.2, 0.25) is 0 Å². The molecule has 0 N–H and O–H groups in total. The Morgan fingerprint density at radius 3 is 1.84 bits per heavy atom. The number of carbonyl (C=O) groups excluding carboxylic acids is 2.